The number of hydrogen-bond acceptors (Lipinski definition) is 6. The van der Waals surface area contributed by atoms with Gasteiger partial charge in [0, 0.05) is 44.7 Å². The van der Waals surface area contributed by atoms with Crippen LogP contribution >= 0.6 is 11.3 Å². The van der Waals surface area contributed by atoms with Crippen LogP contribution in [0, 0.1) is 18.7 Å². The molecular formula is C25H33FN4O3S. The Labute approximate surface area is 204 Å². The molecule has 7 nitrogen and oxygen atoms in total. The highest BCUT2D eigenvalue weighted by Gasteiger charge is 2.27. The zero-order valence-electron chi connectivity index (χ0n) is 19.7. The first-order valence-electron chi connectivity index (χ1n) is 12.1. The molecule has 1 aromatic heterocycles. The van der Waals surface area contributed by atoms with Gasteiger partial charge in [-0.05, 0) is 62.9 Å². The van der Waals surface area contributed by atoms with Gasteiger partial charge in [0.1, 0.15) is 15.7 Å². The number of hydrogen-bond donors (Lipinski definition) is 1. The topological polar surface area (TPSA) is 74.8 Å². The van der Waals surface area contributed by atoms with E-state index >= 15 is 0 Å². The second-order valence-electron chi connectivity index (χ2n) is 9.04. The smallest absolute Gasteiger partial charge is 0.265 e. The molecule has 2 aliphatic rings. The van der Waals surface area contributed by atoms with Gasteiger partial charge in [0.25, 0.3) is 5.91 Å². The Bertz CT molecular complexity index is 967. The number of nitrogens with one attached hydrogen (secondary N) is 1. The largest absolute Gasteiger partial charge is 0.379 e. The number of thiazole rings is 1. The van der Waals surface area contributed by atoms with Crippen LogP contribution in [0.5, 0.6) is 0 Å². The van der Waals surface area contributed by atoms with Crippen molar-refractivity contribution in [3.8, 4) is 10.6 Å². The molecule has 2 fully saturated rings. The second kappa shape index (κ2) is 11.9. The monoisotopic (exact) mass is 488 g/mol. The minimum atomic E-state index is -0.294. The summed E-state index contributed by atoms with van der Waals surface area (Å²) in [7, 11) is 0. The van der Waals surface area contributed by atoms with Gasteiger partial charge in [-0.15, -0.1) is 11.3 Å². The summed E-state index contributed by atoms with van der Waals surface area (Å²) in [4.78, 5) is 34.9. The Kier molecular flexibility index (Phi) is 8.64. The Morgan fingerprint density at radius 2 is 1.85 bits per heavy atom. The van der Waals surface area contributed by atoms with Gasteiger partial charge >= 0.3 is 0 Å². The molecule has 3 heterocycles. The molecule has 2 aliphatic heterocycles. The highest BCUT2D eigenvalue weighted by molar-refractivity contribution is 7.17. The van der Waals surface area contributed by atoms with Crippen molar-refractivity contribution in [1.82, 2.24) is 20.1 Å². The molecule has 0 spiro atoms. The molecule has 2 saturated heterocycles. The fraction of sp³-hybridized carbons (Fsp3) is 0.560. The van der Waals surface area contributed by atoms with Crippen LogP contribution in [-0.2, 0) is 9.53 Å². The standard InChI is InChI=1S/C25H33FN4O3S/c1-18-23(34-24(28-18)20-3-5-21(26)6-4-20)25(32)30-11-7-19(8-12-30)17-22(31)27-9-2-10-29-13-15-33-16-14-29/h3-6,19H,2,7-17H2,1H3,(H,27,31). The summed E-state index contributed by atoms with van der Waals surface area (Å²) >= 11 is 1.35. The first-order chi connectivity index (χ1) is 16.5. The van der Waals surface area contributed by atoms with Crippen LogP contribution in [0.2, 0.25) is 0 Å². The van der Waals surface area contributed by atoms with Crippen molar-refractivity contribution in [1.29, 1.82) is 0 Å². The number of amides is 2. The average Bonchev–Trinajstić information content (AvgIpc) is 3.24. The molecule has 1 N–H and O–H groups in total. The van der Waals surface area contributed by atoms with E-state index in [4.69, 9.17) is 4.74 Å². The second-order valence-corrected chi connectivity index (χ2v) is 10.0. The number of rotatable bonds is 8. The van der Waals surface area contributed by atoms with Gasteiger partial charge in [-0.1, -0.05) is 0 Å². The third-order valence-corrected chi connectivity index (χ3v) is 7.73. The quantitative estimate of drug-likeness (QED) is 0.577. The van der Waals surface area contributed by atoms with Gasteiger partial charge in [-0.3, -0.25) is 14.5 Å². The van der Waals surface area contributed by atoms with Gasteiger partial charge in [-0.2, -0.15) is 0 Å². The SMILES string of the molecule is Cc1nc(-c2ccc(F)cc2)sc1C(=O)N1CCC(CC(=O)NCCCN2CCOCC2)CC1. The van der Waals surface area contributed by atoms with Crippen LogP contribution in [0.3, 0.4) is 0 Å². The van der Waals surface area contributed by atoms with Crippen molar-refractivity contribution in [3.63, 3.8) is 0 Å². The number of nitrogens with zero attached hydrogens (tertiary/aromatic N) is 3. The van der Waals surface area contributed by atoms with Gasteiger partial charge < -0.3 is 15.0 Å². The number of ether oxygens (including phenoxy) is 1. The van der Waals surface area contributed by atoms with Crippen molar-refractivity contribution in [2.45, 2.75) is 32.6 Å². The summed E-state index contributed by atoms with van der Waals surface area (Å²) in [5, 5.41) is 3.77. The van der Waals surface area contributed by atoms with Crippen LogP contribution in [0.15, 0.2) is 24.3 Å². The summed E-state index contributed by atoms with van der Waals surface area (Å²) in [6, 6.07) is 6.17. The Balaban J connectivity index is 1.19. The number of carbonyl (C=O) groups is 2. The molecule has 2 aromatic rings. The molecule has 34 heavy (non-hydrogen) atoms. The molecule has 0 bridgehead atoms. The van der Waals surface area contributed by atoms with Crippen molar-refractivity contribution in [2.75, 3.05) is 52.5 Å². The number of likely N-dealkylation sites (tertiary alicyclic amines) is 1. The van der Waals surface area contributed by atoms with Crippen molar-refractivity contribution in [2.24, 2.45) is 5.92 Å². The molecule has 0 radical (unpaired) electrons. The van der Waals surface area contributed by atoms with E-state index < -0.39 is 0 Å². The maximum atomic E-state index is 13.2. The third kappa shape index (κ3) is 6.61. The zero-order chi connectivity index (χ0) is 23.9. The minimum Gasteiger partial charge on any atom is -0.379 e. The maximum Gasteiger partial charge on any atom is 0.265 e. The lowest BCUT2D eigenvalue weighted by Crippen LogP contribution is -2.40. The Hall–Kier alpha value is -2.36. The summed E-state index contributed by atoms with van der Waals surface area (Å²) < 4.78 is 18.6. The average molecular weight is 489 g/mol. The van der Waals surface area contributed by atoms with Gasteiger partial charge in [0.05, 0.1) is 18.9 Å². The van der Waals surface area contributed by atoms with Crippen LogP contribution in [0.4, 0.5) is 4.39 Å². The molecule has 4 rings (SSSR count). The highest BCUT2D eigenvalue weighted by Crippen LogP contribution is 2.30. The van der Waals surface area contributed by atoms with Crippen LogP contribution < -0.4 is 5.32 Å². The first-order valence-corrected chi connectivity index (χ1v) is 12.9. The first kappa shape index (κ1) is 24.8. The van der Waals surface area contributed by atoms with E-state index in [0.29, 0.717) is 42.5 Å². The van der Waals surface area contributed by atoms with Gasteiger partial charge in [-0.25, -0.2) is 9.37 Å². The molecule has 9 heteroatoms. The number of halogens is 1. The number of morpholine rings is 1. The minimum absolute atomic E-state index is 0.00521. The molecule has 0 saturated carbocycles. The van der Waals surface area contributed by atoms with E-state index in [-0.39, 0.29) is 17.6 Å². The normalized spacial score (nSPS) is 17.6. The summed E-state index contributed by atoms with van der Waals surface area (Å²) in [5.41, 5.74) is 1.51. The van der Waals surface area contributed by atoms with Crippen molar-refractivity contribution >= 4 is 23.2 Å². The van der Waals surface area contributed by atoms with Gasteiger partial charge in [0.15, 0.2) is 0 Å². The molecule has 0 aliphatic carbocycles. The van der Waals surface area contributed by atoms with E-state index in [1.165, 1.54) is 23.5 Å². The highest BCUT2D eigenvalue weighted by atomic mass is 32.1. The van der Waals surface area contributed by atoms with E-state index in [1.807, 2.05) is 11.8 Å². The predicted molar refractivity (Wildman–Crippen MR) is 130 cm³/mol. The predicted octanol–water partition coefficient (Wildman–Crippen LogP) is 3.34. The van der Waals surface area contributed by atoms with E-state index in [2.05, 4.69) is 15.2 Å². The lowest BCUT2D eigenvalue weighted by molar-refractivity contribution is -0.122. The molecule has 2 amide bonds. The number of aryl methyl sites for hydroxylation is 1. The van der Waals surface area contributed by atoms with Crippen molar-refractivity contribution in [3.05, 3.63) is 40.7 Å². The fourth-order valence-electron chi connectivity index (χ4n) is 4.48. The lowest BCUT2D eigenvalue weighted by Gasteiger charge is -2.31. The maximum absolute atomic E-state index is 13.2. The number of benzene rings is 1. The van der Waals surface area contributed by atoms with E-state index in [9.17, 15) is 14.0 Å². The van der Waals surface area contributed by atoms with Crippen LogP contribution in [0.25, 0.3) is 10.6 Å². The third-order valence-electron chi connectivity index (χ3n) is 6.53. The molecule has 1 aromatic carbocycles. The van der Waals surface area contributed by atoms with Gasteiger partial charge in [0.2, 0.25) is 5.91 Å². The number of carbonyl (C=O) groups excluding carboxylic acids is 2. The summed E-state index contributed by atoms with van der Waals surface area (Å²) in [5.74, 6) is 0.113. The zero-order valence-corrected chi connectivity index (χ0v) is 20.5. The molecule has 184 valence electrons. The molecule has 0 unspecified atom stereocenters. The fourth-order valence-corrected chi connectivity index (χ4v) is 5.52. The van der Waals surface area contributed by atoms with Crippen molar-refractivity contribution < 1.29 is 18.7 Å². The van der Waals surface area contributed by atoms with Crippen LogP contribution in [-0.4, -0.2) is 79.1 Å². The lowest BCUT2D eigenvalue weighted by atomic mass is 9.93. The molecule has 0 atom stereocenters. The van der Waals surface area contributed by atoms with Crippen LogP contribution in [0.1, 0.15) is 41.0 Å². The molecular weight excluding hydrogens is 455 g/mol. The summed E-state index contributed by atoms with van der Waals surface area (Å²) in [6.07, 6.45) is 3.13. The number of piperidine rings is 1. The number of aromatic nitrogens is 1. The summed E-state index contributed by atoms with van der Waals surface area (Å²) in [6.45, 7) is 8.37. The van der Waals surface area contributed by atoms with E-state index in [0.717, 1.165) is 62.7 Å². The van der Waals surface area contributed by atoms with E-state index in [1.54, 1.807) is 12.1 Å². The Morgan fingerprint density at radius 1 is 1.15 bits per heavy atom. The Morgan fingerprint density at radius 3 is 2.56 bits per heavy atom.